The molecule has 0 fully saturated rings. The van der Waals surface area contributed by atoms with Crippen LogP contribution in [0.1, 0.15) is 58.1 Å². The van der Waals surface area contributed by atoms with E-state index < -0.39 is 0 Å². The van der Waals surface area contributed by atoms with Crippen molar-refractivity contribution >= 4 is 0 Å². The molecule has 0 saturated carbocycles. The fourth-order valence-electron chi connectivity index (χ4n) is 2.69. The molecule has 0 aromatic heterocycles. The van der Waals surface area contributed by atoms with E-state index in [0.717, 1.165) is 18.9 Å². The van der Waals surface area contributed by atoms with Crippen LogP contribution < -0.4 is 5.73 Å². The monoisotopic (exact) mass is 276 g/mol. The number of hydrogen-bond acceptors (Lipinski definition) is 2. The van der Waals surface area contributed by atoms with Crippen LogP contribution in [0, 0.1) is 5.92 Å². The largest absolute Gasteiger partial charge is 0.324 e. The van der Waals surface area contributed by atoms with Crippen LogP contribution in [0.15, 0.2) is 30.3 Å². The minimum atomic E-state index is 0.183. The second-order valence-electron chi connectivity index (χ2n) is 5.74. The molecule has 114 valence electrons. The van der Waals surface area contributed by atoms with Crippen molar-refractivity contribution in [2.75, 3.05) is 19.6 Å². The Morgan fingerprint density at radius 1 is 1.05 bits per heavy atom. The summed E-state index contributed by atoms with van der Waals surface area (Å²) in [6, 6.07) is 10.6. The zero-order valence-corrected chi connectivity index (χ0v) is 13.5. The van der Waals surface area contributed by atoms with Gasteiger partial charge in [0.05, 0.1) is 0 Å². The van der Waals surface area contributed by atoms with Gasteiger partial charge in [0.2, 0.25) is 0 Å². The van der Waals surface area contributed by atoms with Crippen molar-refractivity contribution in [3.63, 3.8) is 0 Å². The van der Waals surface area contributed by atoms with Crippen LogP contribution in [0.25, 0.3) is 0 Å². The molecule has 1 rings (SSSR count). The normalized spacial score (nSPS) is 13.1. The highest BCUT2D eigenvalue weighted by molar-refractivity contribution is 5.18. The van der Waals surface area contributed by atoms with Crippen LogP contribution in [-0.2, 0) is 0 Å². The van der Waals surface area contributed by atoms with Gasteiger partial charge in [-0.05, 0) is 37.4 Å². The molecule has 0 bridgehead atoms. The van der Waals surface area contributed by atoms with E-state index in [2.05, 4.69) is 49.9 Å². The lowest BCUT2D eigenvalue weighted by atomic mass is 10.0. The Labute approximate surface area is 125 Å². The summed E-state index contributed by atoms with van der Waals surface area (Å²) in [6.45, 7) is 10.4. The van der Waals surface area contributed by atoms with Gasteiger partial charge < -0.3 is 10.6 Å². The zero-order valence-electron chi connectivity index (χ0n) is 13.5. The Morgan fingerprint density at radius 3 is 2.25 bits per heavy atom. The minimum absolute atomic E-state index is 0.183. The average molecular weight is 276 g/mol. The van der Waals surface area contributed by atoms with Gasteiger partial charge in [-0.25, -0.2) is 0 Å². The SMILES string of the molecule is CCC(CC)CN(CC)CCCC(N)c1ccccc1. The van der Waals surface area contributed by atoms with E-state index in [0.29, 0.717) is 0 Å². The molecule has 0 radical (unpaired) electrons. The molecule has 1 aromatic rings. The van der Waals surface area contributed by atoms with Crippen LogP contribution in [0.5, 0.6) is 0 Å². The lowest BCUT2D eigenvalue weighted by molar-refractivity contribution is 0.228. The van der Waals surface area contributed by atoms with Gasteiger partial charge in [-0.2, -0.15) is 0 Å². The molecule has 2 heteroatoms. The fraction of sp³-hybridized carbons (Fsp3) is 0.667. The Bertz CT molecular complexity index is 333. The maximum atomic E-state index is 6.26. The first-order valence-electron chi connectivity index (χ1n) is 8.24. The van der Waals surface area contributed by atoms with Crippen LogP contribution in [0.4, 0.5) is 0 Å². The molecule has 0 aliphatic carbocycles. The molecule has 2 nitrogen and oxygen atoms in total. The smallest absolute Gasteiger partial charge is 0.0295 e. The number of rotatable bonds is 10. The molecule has 0 saturated heterocycles. The molecule has 20 heavy (non-hydrogen) atoms. The summed E-state index contributed by atoms with van der Waals surface area (Å²) in [6.07, 6.45) is 4.83. The average Bonchev–Trinajstić information content (AvgIpc) is 2.51. The fourth-order valence-corrected chi connectivity index (χ4v) is 2.69. The zero-order chi connectivity index (χ0) is 14.8. The molecule has 0 aliphatic heterocycles. The highest BCUT2D eigenvalue weighted by atomic mass is 15.1. The molecule has 2 N–H and O–H groups in total. The van der Waals surface area contributed by atoms with E-state index in [4.69, 9.17) is 5.73 Å². The van der Waals surface area contributed by atoms with Crippen molar-refractivity contribution in [1.82, 2.24) is 4.90 Å². The maximum absolute atomic E-state index is 6.26. The standard InChI is InChI=1S/C18H32N2/c1-4-16(5-2)15-20(6-3)14-10-13-18(19)17-11-8-7-9-12-17/h7-9,11-12,16,18H,4-6,10,13-15,19H2,1-3H3. The molecular formula is C18H32N2. The Kier molecular flexibility index (Phi) is 8.56. The minimum Gasteiger partial charge on any atom is -0.324 e. The van der Waals surface area contributed by atoms with Crippen LogP contribution in [0.3, 0.4) is 0 Å². The molecule has 1 aromatic carbocycles. The first-order chi connectivity index (χ1) is 9.71. The first-order valence-corrected chi connectivity index (χ1v) is 8.24. The van der Waals surface area contributed by atoms with Crippen molar-refractivity contribution in [2.24, 2.45) is 11.7 Å². The topological polar surface area (TPSA) is 29.3 Å². The van der Waals surface area contributed by atoms with Gasteiger partial charge in [-0.3, -0.25) is 0 Å². The lowest BCUT2D eigenvalue weighted by Crippen LogP contribution is -2.30. The van der Waals surface area contributed by atoms with Crippen LogP contribution in [-0.4, -0.2) is 24.5 Å². The third kappa shape index (κ3) is 6.06. The van der Waals surface area contributed by atoms with Crippen LogP contribution in [0.2, 0.25) is 0 Å². The van der Waals surface area contributed by atoms with Crippen molar-refractivity contribution in [2.45, 2.75) is 52.5 Å². The molecule has 0 amide bonds. The predicted octanol–water partition coefficient (Wildman–Crippen LogP) is 4.22. The Morgan fingerprint density at radius 2 is 1.70 bits per heavy atom. The van der Waals surface area contributed by atoms with Crippen molar-refractivity contribution < 1.29 is 0 Å². The summed E-state index contributed by atoms with van der Waals surface area (Å²) in [5.41, 5.74) is 7.52. The van der Waals surface area contributed by atoms with Gasteiger partial charge in [-0.15, -0.1) is 0 Å². The molecular weight excluding hydrogens is 244 g/mol. The first kappa shape index (κ1) is 17.2. The van der Waals surface area contributed by atoms with Crippen molar-refractivity contribution in [1.29, 1.82) is 0 Å². The maximum Gasteiger partial charge on any atom is 0.0295 e. The number of hydrogen-bond donors (Lipinski definition) is 1. The molecule has 0 heterocycles. The highest BCUT2D eigenvalue weighted by Crippen LogP contribution is 2.16. The Hall–Kier alpha value is -0.860. The molecule has 0 aliphatic rings. The van der Waals surface area contributed by atoms with Crippen LogP contribution >= 0.6 is 0 Å². The predicted molar refractivity (Wildman–Crippen MR) is 88.8 cm³/mol. The molecule has 0 spiro atoms. The van der Waals surface area contributed by atoms with E-state index >= 15 is 0 Å². The quantitative estimate of drug-likeness (QED) is 0.693. The van der Waals surface area contributed by atoms with E-state index in [-0.39, 0.29) is 6.04 Å². The number of nitrogens with zero attached hydrogens (tertiary/aromatic N) is 1. The molecule has 1 atom stereocenters. The lowest BCUT2D eigenvalue weighted by Gasteiger charge is -2.25. The van der Waals surface area contributed by atoms with Gasteiger partial charge in [0.25, 0.3) is 0 Å². The summed E-state index contributed by atoms with van der Waals surface area (Å²) in [4.78, 5) is 2.58. The van der Waals surface area contributed by atoms with E-state index in [1.54, 1.807) is 0 Å². The van der Waals surface area contributed by atoms with Gasteiger partial charge in [0.1, 0.15) is 0 Å². The third-order valence-electron chi connectivity index (χ3n) is 4.34. The van der Waals surface area contributed by atoms with E-state index in [1.165, 1.54) is 37.9 Å². The van der Waals surface area contributed by atoms with E-state index in [9.17, 15) is 0 Å². The van der Waals surface area contributed by atoms with Gasteiger partial charge >= 0.3 is 0 Å². The van der Waals surface area contributed by atoms with Crippen molar-refractivity contribution in [3.8, 4) is 0 Å². The number of nitrogens with two attached hydrogens (primary N) is 1. The second kappa shape index (κ2) is 9.95. The molecule has 1 unspecified atom stereocenters. The van der Waals surface area contributed by atoms with Gasteiger partial charge in [0, 0.05) is 12.6 Å². The summed E-state index contributed by atoms with van der Waals surface area (Å²) < 4.78 is 0. The van der Waals surface area contributed by atoms with E-state index in [1.807, 2.05) is 6.07 Å². The summed E-state index contributed by atoms with van der Waals surface area (Å²) in [7, 11) is 0. The van der Waals surface area contributed by atoms with Gasteiger partial charge in [0.15, 0.2) is 0 Å². The third-order valence-corrected chi connectivity index (χ3v) is 4.34. The summed E-state index contributed by atoms with van der Waals surface area (Å²) in [5, 5.41) is 0. The highest BCUT2D eigenvalue weighted by Gasteiger charge is 2.11. The van der Waals surface area contributed by atoms with Crippen molar-refractivity contribution in [3.05, 3.63) is 35.9 Å². The second-order valence-corrected chi connectivity index (χ2v) is 5.74. The Balaban J connectivity index is 2.30. The van der Waals surface area contributed by atoms with Gasteiger partial charge in [-0.1, -0.05) is 63.9 Å². The number of benzene rings is 1. The summed E-state index contributed by atoms with van der Waals surface area (Å²) >= 11 is 0. The summed E-state index contributed by atoms with van der Waals surface area (Å²) in [5.74, 6) is 0.845.